The first-order valence-electron chi connectivity index (χ1n) is 6.35. The first-order chi connectivity index (χ1) is 9.08. The largest absolute Gasteiger partial charge is 0.361 e. The maximum absolute atomic E-state index is 13.3. The number of nitrogens with zero attached hydrogens (tertiary/aromatic N) is 1. The molecule has 0 aliphatic carbocycles. The number of hydrogen-bond acceptors (Lipinski definition) is 4. The van der Waals surface area contributed by atoms with Gasteiger partial charge in [0.25, 0.3) is 0 Å². The summed E-state index contributed by atoms with van der Waals surface area (Å²) in [6, 6.07) is 3.59. The predicted molar refractivity (Wildman–Crippen MR) is 64.4 cm³/mol. The number of fused-ring (bicyclic) bond motifs is 1. The molecule has 3 rings (SSSR count). The molecule has 0 aromatic heterocycles. The summed E-state index contributed by atoms with van der Waals surface area (Å²) in [5.74, 6) is -3.47. The molecule has 19 heavy (non-hydrogen) atoms. The highest BCUT2D eigenvalue weighted by Crippen LogP contribution is 2.30. The Morgan fingerprint density at radius 2 is 2.21 bits per heavy atom. The number of aliphatic hydroxyl groups is 1. The minimum Gasteiger partial charge on any atom is -0.361 e. The lowest BCUT2D eigenvalue weighted by atomic mass is 10.0. The minimum absolute atomic E-state index is 0.222. The van der Waals surface area contributed by atoms with Crippen LogP contribution in [0.3, 0.4) is 0 Å². The molecule has 0 unspecified atom stereocenters. The summed E-state index contributed by atoms with van der Waals surface area (Å²) >= 11 is 0. The summed E-state index contributed by atoms with van der Waals surface area (Å²) in [6.45, 7) is 3.10. The molecule has 6 heteroatoms. The molecule has 1 aromatic carbocycles. The van der Waals surface area contributed by atoms with Crippen molar-refractivity contribution in [1.29, 1.82) is 0 Å². The van der Waals surface area contributed by atoms with Gasteiger partial charge in [0.2, 0.25) is 5.79 Å². The molecule has 1 aromatic rings. The molecule has 0 saturated carbocycles. The van der Waals surface area contributed by atoms with Crippen molar-refractivity contribution in [3.05, 3.63) is 35.4 Å². The van der Waals surface area contributed by atoms with Crippen LogP contribution in [0.4, 0.5) is 8.78 Å². The zero-order valence-electron chi connectivity index (χ0n) is 10.4. The second-order valence-electron chi connectivity index (χ2n) is 5.05. The van der Waals surface area contributed by atoms with Crippen molar-refractivity contribution in [3.8, 4) is 0 Å². The Labute approximate surface area is 110 Å². The first kappa shape index (κ1) is 12.9. The fourth-order valence-electron chi connectivity index (χ4n) is 2.64. The van der Waals surface area contributed by atoms with E-state index < -0.39 is 17.4 Å². The van der Waals surface area contributed by atoms with Crippen LogP contribution < -0.4 is 5.32 Å². The molecular weight excluding hydrogens is 254 g/mol. The molecule has 104 valence electrons. The summed E-state index contributed by atoms with van der Waals surface area (Å²) in [4.78, 5) is 2.11. The van der Waals surface area contributed by atoms with Crippen molar-refractivity contribution in [2.45, 2.75) is 11.8 Å². The van der Waals surface area contributed by atoms with E-state index in [9.17, 15) is 13.9 Å². The Morgan fingerprint density at radius 3 is 3.00 bits per heavy atom. The van der Waals surface area contributed by atoms with E-state index in [1.165, 1.54) is 6.07 Å². The summed E-state index contributed by atoms with van der Waals surface area (Å²) in [6.07, 6.45) is 0. The topological polar surface area (TPSA) is 44.7 Å². The van der Waals surface area contributed by atoms with Gasteiger partial charge in [0.1, 0.15) is 0 Å². The molecule has 2 aliphatic rings. The van der Waals surface area contributed by atoms with Gasteiger partial charge in [-0.2, -0.15) is 0 Å². The lowest BCUT2D eigenvalue weighted by Gasteiger charge is -2.46. The van der Waals surface area contributed by atoms with E-state index in [-0.39, 0.29) is 18.2 Å². The molecule has 0 amide bonds. The molecule has 2 heterocycles. The van der Waals surface area contributed by atoms with Crippen LogP contribution in [0.2, 0.25) is 0 Å². The standard InChI is InChI=1S/C13H16F2N2O2/c14-11-2-1-9(5-12(11)15)13(18)8-17-4-3-16-6-10(17)7-19-13/h1-2,5,10,16,18H,3-4,6-8H2/t10-,13-/m0/s1. The second-order valence-corrected chi connectivity index (χ2v) is 5.05. The maximum atomic E-state index is 13.3. The fourth-order valence-corrected chi connectivity index (χ4v) is 2.64. The van der Waals surface area contributed by atoms with Gasteiger partial charge < -0.3 is 15.2 Å². The van der Waals surface area contributed by atoms with E-state index in [0.717, 1.165) is 31.8 Å². The van der Waals surface area contributed by atoms with Crippen molar-refractivity contribution >= 4 is 0 Å². The monoisotopic (exact) mass is 270 g/mol. The number of ether oxygens (including phenoxy) is 1. The lowest BCUT2D eigenvalue weighted by molar-refractivity contribution is -0.262. The van der Waals surface area contributed by atoms with Crippen LogP contribution in [0.5, 0.6) is 0 Å². The Kier molecular flexibility index (Phi) is 3.26. The third-order valence-electron chi connectivity index (χ3n) is 3.77. The van der Waals surface area contributed by atoms with Gasteiger partial charge in [-0.1, -0.05) is 6.07 Å². The minimum atomic E-state index is -1.57. The number of morpholine rings is 1. The Hall–Kier alpha value is -1.08. The zero-order valence-corrected chi connectivity index (χ0v) is 10.4. The number of rotatable bonds is 1. The molecule has 0 spiro atoms. The molecule has 4 nitrogen and oxygen atoms in total. The summed E-state index contributed by atoms with van der Waals surface area (Å²) in [7, 11) is 0. The number of piperazine rings is 1. The summed E-state index contributed by atoms with van der Waals surface area (Å²) in [5, 5.41) is 13.8. The van der Waals surface area contributed by atoms with Crippen LogP contribution >= 0.6 is 0 Å². The highest BCUT2D eigenvalue weighted by Gasteiger charge is 2.41. The smallest absolute Gasteiger partial charge is 0.205 e. The molecule has 0 radical (unpaired) electrons. The van der Waals surface area contributed by atoms with Gasteiger partial charge in [-0.05, 0) is 12.1 Å². The van der Waals surface area contributed by atoms with Crippen LogP contribution in [-0.4, -0.2) is 48.8 Å². The van der Waals surface area contributed by atoms with Crippen LogP contribution in [0.15, 0.2) is 18.2 Å². The number of hydrogen-bond donors (Lipinski definition) is 2. The summed E-state index contributed by atoms with van der Waals surface area (Å²) in [5.41, 5.74) is 0.253. The molecular formula is C13H16F2N2O2. The van der Waals surface area contributed by atoms with Gasteiger partial charge in [-0.15, -0.1) is 0 Å². The van der Waals surface area contributed by atoms with Crippen molar-refractivity contribution in [2.24, 2.45) is 0 Å². The second kappa shape index (κ2) is 4.79. The Balaban J connectivity index is 1.84. The van der Waals surface area contributed by atoms with Gasteiger partial charge >= 0.3 is 0 Å². The molecule has 2 atom stereocenters. The van der Waals surface area contributed by atoms with Crippen LogP contribution in [0, 0.1) is 11.6 Å². The highest BCUT2D eigenvalue weighted by molar-refractivity contribution is 5.23. The van der Waals surface area contributed by atoms with Crippen molar-refractivity contribution < 1.29 is 18.6 Å². The predicted octanol–water partition coefficient (Wildman–Crippen LogP) is 0.414. The van der Waals surface area contributed by atoms with E-state index >= 15 is 0 Å². The third-order valence-corrected chi connectivity index (χ3v) is 3.77. The number of nitrogens with one attached hydrogen (secondary N) is 1. The Bertz CT molecular complexity index is 486. The fraction of sp³-hybridized carbons (Fsp3) is 0.538. The van der Waals surface area contributed by atoms with Gasteiger partial charge in [-0.3, -0.25) is 4.90 Å². The van der Waals surface area contributed by atoms with Gasteiger partial charge in [-0.25, -0.2) is 8.78 Å². The lowest BCUT2D eigenvalue weighted by Crippen LogP contribution is -2.62. The van der Waals surface area contributed by atoms with Gasteiger partial charge in [0, 0.05) is 31.2 Å². The third kappa shape index (κ3) is 2.36. The summed E-state index contributed by atoms with van der Waals surface area (Å²) < 4.78 is 31.7. The molecule has 0 bridgehead atoms. The van der Waals surface area contributed by atoms with E-state index in [2.05, 4.69) is 10.2 Å². The molecule has 2 N–H and O–H groups in total. The van der Waals surface area contributed by atoms with Crippen LogP contribution in [-0.2, 0) is 10.5 Å². The van der Waals surface area contributed by atoms with E-state index in [1.807, 2.05) is 0 Å². The van der Waals surface area contributed by atoms with Gasteiger partial charge in [0.05, 0.1) is 13.2 Å². The maximum Gasteiger partial charge on any atom is 0.205 e. The number of benzene rings is 1. The molecule has 2 aliphatic heterocycles. The van der Waals surface area contributed by atoms with Gasteiger partial charge in [0.15, 0.2) is 11.6 Å². The van der Waals surface area contributed by atoms with Crippen molar-refractivity contribution in [3.63, 3.8) is 0 Å². The quantitative estimate of drug-likeness (QED) is 0.776. The van der Waals surface area contributed by atoms with E-state index in [4.69, 9.17) is 4.74 Å². The van der Waals surface area contributed by atoms with Crippen molar-refractivity contribution in [2.75, 3.05) is 32.8 Å². The van der Waals surface area contributed by atoms with E-state index in [1.54, 1.807) is 0 Å². The average molecular weight is 270 g/mol. The Morgan fingerprint density at radius 1 is 1.37 bits per heavy atom. The highest BCUT2D eigenvalue weighted by atomic mass is 19.2. The normalized spacial score (nSPS) is 32.1. The van der Waals surface area contributed by atoms with Crippen LogP contribution in [0.1, 0.15) is 5.56 Å². The SMILES string of the molecule is O[C@@]1(c2ccc(F)c(F)c2)CN2CCNC[C@H]2CO1. The van der Waals surface area contributed by atoms with Crippen molar-refractivity contribution in [1.82, 2.24) is 10.2 Å². The number of halogens is 2. The molecule has 2 saturated heterocycles. The zero-order chi connectivity index (χ0) is 13.5. The van der Waals surface area contributed by atoms with Crippen LogP contribution in [0.25, 0.3) is 0 Å². The first-order valence-corrected chi connectivity index (χ1v) is 6.35. The molecule has 2 fully saturated rings. The average Bonchev–Trinajstić information content (AvgIpc) is 2.41. The van der Waals surface area contributed by atoms with E-state index in [0.29, 0.717) is 6.61 Å².